The van der Waals surface area contributed by atoms with Crippen molar-refractivity contribution in [1.82, 2.24) is 0 Å². The van der Waals surface area contributed by atoms with Crippen molar-refractivity contribution >= 4 is 74.4 Å². The molecule has 0 aromatic heterocycles. The fraction of sp³-hybridized carbons (Fsp3) is 0. The summed E-state index contributed by atoms with van der Waals surface area (Å²) in [5, 5.41) is 0. The van der Waals surface area contributed by atoms with Crippen LogP contribution >= 0.6 is 74.4 Å². The summed E-state index contributed by atoms with van der Waals surface area (Å²) in [7, 11) is 0. The molecule has 0 aromatic rings. The molecule has 7 heavy (non-hydrogen) atoms. The van der Waals surface area contributed by atoms with Gasteiger partial charge < -0.3 is 0 Å². The molecular weight excluding hydrogens is 319 g/mol. The second-order valence-electron chi connectivity index (χ2n) is 0. The Morgan fingerprint density at radius 1 is 0.429 bits per heavy atom. The zero-order valence-electron chi connectivity index (χ0n) is 4.77. The maximum absolute atomic E-state index is 0. The van der Waals surface area contributed by atoms with Crippen LogP contribution in [-0.4, -0.2) is 0 Å². The van der Waals surface area contributed by atoms with E-state index in [-0.39, 0.29) is 97.7 Å². The van der Waals surface area contributed by atoms with Crippen molar-refractivity contribution < 1.29 is 23.3 Å². The minimum Gasteiger partial charge on any atom is -0.147 e. The summed E-state index contributed by atoms with van der Waals surface area (Å²) in [5.74, 6) is 0. The molecule has 0 saturated carbocycles. The predicted octanol–water partition coefficient (Wildman–Crippen LogP) is 2.75. The summed E-state index contributed by atoms with van der Waals surface area (Å²) >= 11 is 0. The van der Waals surface area contributed by atoms with Gasteiger partial charge in [-0.2, -0.15) is 0 Å². The molecule has 0 unspecified atom stereocenters. The molecule has 0 nitrogen and oxygen atoms in total. The van der Waals surface area contributed by atoms with Gasteiger partial charge in [0.1, 0.15) is 0 Å². The van der Waals surface area contributed by atoms with Crippen molar-refractivity contribution in [2.24, 2.45) is 0 Å². The number of rotatable bonds is 0. The fourth-order valence-electron chi connectivity index (χ4n) is 0. The second-order valence-corrected chi connectivity index (χ2v) is 0. The van der Waals surface area contributed by atoms with Crippen LogP contribution in [-0.2, 0) is 20.4 Å². The molecular formula is H8Cl6Pd+2. The number of hydrogen-bond acceptors (Lipinski definition) is 0. The third kappa shape index (κ3) is 59.7. The summed E-state index contributed by atoms with van der Waals surface area (Å²) in [6.45, 7) is 0. The number of halogens is 6. The molecule has 58 valence electrons. The van der Waals surface area contributed by atoms with Gasteiger partial charge in [0, 0.05) is 20.4 Å². The molecule has 0 aliphatic heterocycles. The van der Waals surface area contributed by atoms with Gasteiger partial charge in [-0.3, -0.25) is 0 Å². The van der Waals surface area contributed by atoms with E-state index in [1.807, 2.05) is 0 Å². The molecule has 7 heteroatoms. The van der Waals surface area contributed by atoms with Crippen molar-refractivity contribution in [3.8, 4) is 0 Å². The molecule has 0 fully saturated rings. The molecule has 0 spiro atoms. The van der Waals surface area contributed by atoms with Crippen molar-refractivity contribution in [2.75, 3.05) is 0 Å². The van der Waals surface area contributed by atoms with Crippen LogP contribution in [0.1, 0.15) is 2.85 Å². The zero-order chi connectivity index (χ0) is 0. The van der Waals surface area contributed by atoms with Gasteiger partial charge in [0.05, 0.1) is 0 Å². The summed E-state index contributed by atoms with van der Waals surface area (Å²) in [4.78, 5) is 0. The molecule has 0 atom stereocenters. The van der Waals surface area contributed by atoms with Crippen LogP contribution < -0.4 is 0 Å². The monoisotopic (exact) mass is 324 g/mol. The Bertz CT molecular complexity index is 11.0. The smallest absolute Gasteiger partial charge is 0.147 e. The van der Waals surface area contributed by atoms with Gasteiger partial charge in [0.15, 0.2) is 0 Å². The normalized spacial score (nSPS) is 0. The van der Waals surface area contributed by atoms with Crippen LogP contribution in [0.25, 0.3) is 0 Å². The zero-order valence-corrected chi connectivity index (χ0v) is 9.22. The first-order valence-corrected chi connectivity index (χ1v) is 0. The van der Waals surface area contributed by atoms with Crippen molar-refractivity contribution in [3.05, 3.63) is 0 Å². The van der Waals surface area contributed by atoms with E-state index in [0.29, 0.717) is 0 Å². The van der Waals surface area contributed by atoms with Crippen molar-refractivity contribution in [2.45, 2.75) is 0 Å². The quantitative estimate of drug-likeness (QED) is 0.600. The topological polar surface area (TPSA) is 0 Å². The molecule has 0 bridgehead atoms. The van der Waals surface area contributed by atoms with E-state index in [9.17, 15) is 0 Å². The SMILES string of the molecule is Cl.Cl.Cl.Cl.Cl.Cl.[H+].[H+].[Pd]. The van der Waals surface area contributed by atoms with E-state index in [4.69, 9.17) is 0 Å². The third-order valence-electron chi connectivity index (χ3n) is 0. The Kier molecular flexibility index (Phi) is 1310. The second kappa shape index (κ2) is 79.8. The molecule has 0 saturated heterocycles. The minimum absolute atomic E-state index is 0. The van der Waals surface area contributed by atoms with Gasteiger partial charge in [-0.25, -0.2) is 0 Å². The Morgan fingerprint density at radius 2 is 0.429 bits per heavy atom. The molecule has 0 N–H and O–H groups in total. The fourth-order valence-corrected chi connectivity index (χ4v) is 0. The third-order valence-corrected chi connectivity index (χ3v) is 0. The maximum atomic E-state index is 0. The van der Waals surface area contributed by atoms with Crippen LogP contribution in [0.5, 0.6) is 0 Å². The summed E-state index contributed by atoms with van der Waals surface area (Å²) in [6.07, 6.45) is 0. The maximum Gasteiger partial charge on any atom is 1.00 e. The van der Waals surface area contributed by atoms with E-state index >= 15 is 0 Å². The van der Waals surface area contributed by atoms with Crippen molar-refractivity contribution in [1.29, 1.82) is 0 Å². The largest absolute Gasteiger partial charge is 1.00 e. The van der Waals surface area contributed by atoms with E-state index in [0.717, 1.165) is 0 Å². The Labute approximate surface area is 97.0 Å². The Morgan fingerprint density at radius 3 is 0.429 bits per heavy atom. The van der Waals surface area contributed by atoms with Crippen LogP contribution in [0, 0.1) is 0 Å². The summed E-state index contributed by atoms with van der Waals surface area (Å²) in [6, 6.07) is 0. The predicted molar refractivity (Wildman–Crippen MR) is 45.7 cm³/mol. The molecule has 0 amide bonds. The van der Waals surface area contributed by atoms with Gasteiger partial charge >= 0.3 is 2.85 Å². The molecule has 0 aliphatic rings. The summed E-state index contributed by atoms with van der Waals surface area (Å²) in [5.41, 5.74) is 0. The Hall–Kier alpha value is 2.40. The summed E-state index contributed by atoms with van der Waals surface area (Å²) < 4.78 is 0. The van der Waals surface area contributed by atoms with Crippen LogP contribution in [0.3, 0.4) is 0 Å². The number of hydrogen-bond donors (Lipinski definition) is 0. The van der Waals surface area contributed by atoms with E-state index in [2.05, 4.69) is 0 Å². The van der Waals surface area contributed by atoms with Crippen LogP contribution in [0.2, 0.25) is 0 Å². The first kappa shape index (κ1) is 115. The average molecular weight is 327 g/mol. The van der Waals surface area contributed by atoms with Gasteiger partial charge in [-0.15, -0.1) is 74.4 Å². The van der Waals surface area contributed by atoms with Crippen molar-refractivity contribution in [3.63, 3.8) is 0 Å². The van der Waals surface area contributed by atoms with Crippen LogP contribution in [0.4, 0.5) is 0 Å². The molecule has 0 rings (SSSR count). The molecule has 0 heterocycles. The van der Waals surface area contributed by atoms with E-state index in [1.165, 1.54) is 0 Å². The first-order valence-electron chi connectivity index (χ1n) is 0. The van der Waals surface area contributed by atoms with Gasteiger partial charge in [-0.05, 0) is 0 Å². The minimum atomic E-state index is 0. The van der Waals surface area contributed by atoms with Gasteiger partial charge in [0.25, 0.3) is 0 Å². The Balaban J connectivity index is 0. The first-order chi connectivity index (χ1) is 0. The van der Waals surface area contributed by atoms with Gasteiger partial charge in [0.2, 0.25) is 0 Å². The van der Waals surface area contributed by atoms with Gasteiger partial charge in [-0.1, -0.05) is 0 Å². The standard InChI is InChI=1S/6ClH.Pd/h6*1H;/p+2. The molecule has 0 aliphatic carbocycles. The van der Waals surface area contributed by atoms with E-state index in [1.54, 1.807) is 0 Å². The van der Waals surface area contributed by atoms with Crippen LogP contribution in [0.15, 0.2) is 0 Å². The van der Waals surface area contributed by atoms with E-state index < -0.39 is 0 Å². The molecule has 0 aromatic carbocycles. The molecule has 0 radical (unpaired) electrons. The average Bonchev–Trinajstić information content (AvgIpc) is 0.